The third-order valence-electron chi connectivity index (χ3n) is 7.59. The van der Waals surface area contributed by atoms with Gasteiger partial charge in [-0.1, -0.05) is 88.7 Å². The van der Waals surface area contributed by atoms with Crippen molar-refractivity contribution < 1.29 is 23.7 Å². The van der Waals surface area contributed by atoms with Crippen LogP contribution in [0.2, 0.25) is 5.02 Å². The molecule has 2 rings (SSSR count). The van der Waals surface area contributed by atoms with Crippen LogP contribution < -0.4 is 0 Å². The minimum atomic E-state index is -3.08. The zero-order valence-electron chi connectivity index (χ0n) is 24.9. The van der Waals surface area contributed by atoms with Gasteiger partial charge in [-0.15, -0.1) is 0 Å². The fourth-order valence-electron chi connectivity index (χ4n) is 5.40. The van der Waals surface area contributed by atoms with E-state index < -0.39 is 50.3 Å². The Balaban J connectivity index is 2.92. The maximum absolute atomic E-state index is 14.5. The topological polar surface area (TPSA) is 104 Å². The lowest BCUT2D eigenvalue weighted by molar-refractivity contribution is -0.159. The summed E-state index contributed by atoms with van der Waals surface area (Å²) in [4.78, 5) is 40.3. The number of piperidine rings is 1. The molecule has 41 heavy (non-hydrogen) atoms. The van der Waals surface area contributed by atoms with Crippen LogP contribution in [0.25, 0.3) is 0 Å². The van der Waals surface area contributed by atoms with Gasteiger partial charge in [0.2, 0.25) is 5.91 Å². The molecular weight excluding hydrogens is 583 g/mol. The lowest BCUT2D eigenvalue weighted by atomic mass is 9.66. The van der Waals surface area contributed by atoms with Gasteiger partial charge < -0.3 is 10.0 Å². The van der Waals surface area contributed by atoms with E-state index in [1.807, 2.05) is 32.0 Å². The molecular formula is C31H42Cl2N2O5S. The zero-order valence-corrected chi connectivity index (χ0v) is 27.2. The smallest absolute Gasteiger partial charge is 0.304 e. The monoisotopic (exact) mass is 624 g/mol. The van der Waals surface area contributed by atoms with Crippen molar-refractivity contribution in [3.63, 3.8) is 0 Å². The molecule has 0 saturated carbocycles. The summed E-state index contributed by atoms with van der Waals surface area (Å²) in [5.41, 5.74) is 0.124. The summed E-state index contributed by atoms with van der Waals surface area (Å²) in [5, 5.41) is 10.4. The highest BCUT2D eigenvalue weighted by Crippen LogP contribution is 2.48. The Morgan fingerprint density at radius 1 is 1.27 bits per heavy atom. The molecule has 1 saturated heterocycles. The van der Waals surface area contributed by atoms with E-state index in [2.05, 4.69) is 10.9 Å². The second-order valence-electron chi connectivity index (χ2n) is 11.6. The zero-order chi connectivity index (χ0) is 31.3. The number of carbonyl (C=O) groups excluding carboxylic acids is 2. The molecule has 0 spiro atoms. The second-order valence-corrected chi connectivity index (χ2v) is 15.3. The van der Waals surface area contributed by atoms with Crippen molar-refractivity contribution in [2.24, 2.45) is 15.7 Å². The van der Waals surface area contributed by atoms with Gasteiger partial charge in [-0.05, 0) is 48.6 Å². The molecule has 1 heterocycles. The average molecular weight is 626 g/mol. The number of hydrogen-bond donors (Lipinski definition) is 1. The van der Waals surface area contributed by atoms with Crippen molar-refractivity contribution in [3.8, 4) is 0 Å². The van der Waals surface area contributed by atoms with Crippen LogP contribution in [-0.2, 0) is 24.1 Å². The predicted molar refractivity (Wildman–Crippen MR) is 168 cm³/mol. The molecule has 0 aromatic heterocycles. The van der Waals surface area contributed by atoms with Gasteiger partial charge in [0.15, 0.2) is 0 Å². The van der Waals surface area contributed by atoms with E-state index in [4.69, 9.17) is 23.2 Å². The number of amides is 2. The first-order valence-corrected chi connectivity index (χ1v) is 16.2. The van der Waals surface area contributed by atoms with Crippen molar-refractivity contribution in [2.45, 2.75) is 84.6 Å². The van der Waals surface area contributed by atoms with Crippen molar-refractivity contribution in [1.82, 2.24) is 4.90 Å². The number of carbonyl (C=O) groups is 3. The molecule has 1 aliphatic rings. The second kappa shape index (κ2) is 14.2. The van der Waals surface area contributed by atoms with E-state index in [0.29, 0.717) is 15.6 Å². The van der Waals surface area contributed by atoms with Crippen LogP contribution in [0.5, 0.6) is 0 Å². The van der Waals surface area contributed by atoms with Gasteiger partial charge in [-0.2, -0.15) is 4.36 Å². The average Bonchev–Trinajstić information content (AvgIpc) is 2.86. The van der Waals surface area contributed by atoms with Crippen molar-refractivity contribution in [1.29, 1.82) is 0 Å². The Labute approximate surface area is 254 Å². The molecule has 10 heteroatoms. The van der Waals surface area contributed by atoms with Crippen LogP contribution in [0.3, 0.4) is 0 Å². The minimum Gasteiger partial charge on any atom is -0.481 e. The highest BCUT2D eigenvalue weighted by molar-refractivity contribution is 7.94. The number of allylic oxidation sites excluding steroid dienone is 3. The number of likely N-dealkylation sites (tertiary alicyclic amines) is 1. The molecule has 7 nitrogen and oxygen atoms in total. The third kappa shape index (κ3) is 8.55. The molecule has 0 aliphatic carbocycles. The molecule has 0 bridgehead atoms. The molecule has 0 radical (unpaired) electrons. The molecule has 5 atom stereocenters. The van der Waals surface area contributed by atoms with Crippen LogP contribution in [0.15, 0.2) is 64.0 Å². The highest BCUT2D eigenvalue weighted by atomic mass is 35.5. The maximum Gasteiger partial charge on any atom is 0.304 e. The fraction of sp³-hybridized carbons (Fsp3) is 0.516. The van der Waals surface area contributed by atoms with Crippen molar-refractivity contribution in [2.75, 3.05) is 5.75 Å². The van der Waals surface area contributed by atoms with Crippen molar-refractivity contribution in [3.05, 3.63) is 70.3 Å². The molecule has 1 N–H and O–H groups in total. The maximum atomic E-state index is 14.5. The summed E-state index contributed by atoms with van der Waals surface area (Å²) < 4.78 is 18.2. The van der Waals surface area contributed by atoms with Crippen LogP contribution >= 0.6 is 23.2 Å². The summed E-state index contributed by atoms with van der Waals surface area (Å²) in [7, 11) is -3.08. The Morgan fingerprint density at radius 3 is 2.39 bits per heavy atom. The number of nitrogens with zero attached hydrogens (tertiary/aromatic N) is 2. The van der Waals surface area contributed by atoms with Gasteiger partial charge in [-0.3, -0.25) is 14.4 Å². The van der Waals surface area contributed by atoms with E-state index in [-0.39, 0.29) is 30.4 Å². The van der Waals surface area contributed by atoms with Gasteiger partial charge in [0.05, 0.1) is 33.4 Å². The normalized spacial score (nSPS) is 24.0. The predicted octanol–water partition coefficient (Wildman–Crippen LogP) is 7.21. The Morgan fingerprint density at radius 2 is 1.90 bits per heavy atom. The van der Waals surface area contributed by atoms with Gasteiger partial charge in [-0.25, -0.2) is 4.21 Å². The summed E-state index contributed by atoms with van der Waals surface area (Å²) in [6, 6.07) is 6.00. The number of benzene rings is 1. The molecule has 1 aliphatic heterocycles. The van der Waals surface area contributed by atoms with Gasteiger partial charge in [0.1, 0.15) is 0 Å². The van der Waals surface area contributed by atoms with Gasteiger partial charge in [0, 0.05) is 34.2 Å². The van der Waals surface area contributed by atoms with E-state index in [0.717, 1.165) is 5.56 Å². The number of rotatable bonds is 11. The summed E-state index contributed by atoms with van der Waals surface area (Å²) in [6.07, 6.45) is 5.01. The van der Waals surface area contributed by atoms with E-state index in [1.54, 1.807) is 56.9 Å². The summed E-state index contributed by atoms with van der Waals surface area (Å²) in [6.45, 7) is 16.4. The largest absolute Gasteiger partial charge is 0.481 e. The van der Waals surface area contributed by atoms with E-state index in [1.165, 1.54) is 6.92 Å². The van der Waals surface area contributed by atoms with Crippen LogP contribution in [0.1, 0.15) is 72.8 Å². The van der Waals surface area contributed by atoms with Crippen molar-refractivity contribution >= 4 is 50.7 Å². The number of halogens is 2. The summed E-state index contributed by atoms with van der Waals surface area (Å²) >= 11 is 12.7. The first-order chi connectivity index (χ1) is 19.0. The Bertz CT molecular complexity index is 1360. The van der Waals surface area contributed by atoms with Gasteiger partial charge >= 0.3 is 5.97 Å². The molecule has 1 unspecified atom stereocenters. The summed E-state index contributed by atoms with van der Waals surface area (Å²) in [5.74, 6) is -2.68. The number of carboxylic acids is 1. The first-order valence-electron chi connectivity index (χ1n) is 13.7. The minimum absolute atomic E-state index is 0.0534. The third-order valence-corrected chi connectivity index (χ3v) is 11.0. The lowest BCUT2D eigenvalue weighted by Crippen LogP contribution is -2.62. The van der Waals surface area contributed by atoms with E-state index in [9.17, 15) is 23.7 Å². The number of aliphatic carboxylic acids is 1. The van der Waals surface area contributed by atoms with E-state index >= 15 is 0 Å². The molecule has 1 aromatic carbocycles. The number of hydrogen-bond acceptors (Lipinski definition) is 4. The lowest BCUT2D eigenvalue weighted by Gasteiger charge is -2.53. The molecule has 2 amide bonds. The fourth-order valence-corrected chi connectivity index (χ4v) is 7.80. The van der Waals surface area contributed by atoms with Crippen LogP contribution in [0, 0.1) is 11.3 Å². The first kappa shape index (κ1) is 34.8. The molecule has 1 aromatic rings. The standard InChI is InChI=1S/C31H42Cl2N2O5S/c1-9-24(32)14-13-21(6)29-26(23-11-10-12-25(33)15-23)16-31(8,17-28(37)38)30(39)35(29)27(19(2)3)18-41(40,20(4)5)34-22(7)36/h9-15,19-20,26-27,29H,6,16-18H2,1-5,7-8H3,(H,37,38)/b14-13-,24-9+/t26-,27-,29-,31-,41?/m1/s1. The quantitative estimate of drug-likeness (QED) is 0.262. The Kier molecular flexibility index (Phi) is 12.0. The SMILES string of the molecule is C=C(/C=C\C(Cl)=C/C)[C@@H]1[C@@H](c2cccc(Cl)c2)C[C@](C)(CC(=O)O)C(=O)N1[C@H](CS(=O)(=NC(C)=O)C(C)C)C(C)C. The number of carboxylic acid groups (broad SMARTS) is 1. The van der Waals surface area contributed by atoms with Gasteiger partial charge in [0.25, 0.3) is 5.91 Å². The molecule has 226 valence electrons. The highest BCUT2D eigenvalue weighted by Gasteiger charge is 2.53. The van der Waals surface area contributed by atoms with Crippen LogP contribution in [0.4, 0.5) is 0 Å². The molecule has 1 fully saturated rings. The Hall–Kier alpha value is -2.42. The van der Waals surface area contributed by atoms with Crippen LogP contribution in [-0.4, -0.2) is 55.1 Å².